The molecule has 11 heteroatoms. The Morgan fingerprint density at radius 1 is 1.00 bits per heavy atom. The summed E-state index contributed by atoms with van der Waals surface area (Å²) in [6.07, 6.45) is 3.52. The van der Waals surface area contributed by atoms with Crippen molar-refractivity contribution in [2.75, 3.05) is 30.0 Å². The van der Waals surface area contributed by atoms with E-state index < -0.39 is 22.6 Å². The number of pyridine rings is 1. The van der Waals surface area contributed by atoms with Crippen LogP contribution in [0.4, 0.5) is 11.5 Å². The van der Waals surface area contributed by atoms with E-state index in [-0.39, 0.29) is 28.4 Å². The second-order valence-corrected chi connectivity index (χ2v) is 9.32. The lowest BCUT2D eigenvalue weighted by Gasteiger charge is -2.15. The molecule has 0 aliphatic rings. The van der Waals surface area contributed by atoms with Crippen LogP contribution in [0.5, 0.6) is 5.75 Å². The summed E-state index contributed by atoms with van der Waals surface area (Å²) in [6, 6.07) is 12.3. The molecule has 0 bridgehead atoms. The predicted octanol–water partition coefficient (Wildman–Crippen LogP) is 4.36. The van der Waals surface area contributed by atoms with Crippen LogP contribution < -0.4 is 21.1 Å². The number of carbonyl (C=O) groups excluding carboxylic acids is 2. The number of ether oxygens (including phenoxy) is 1. The summed E-state index contributed by atoms with van der Waals surface area (Å²) in [5, 5.41) is 6.11. The molecular formula is C23H22Cl2N4O4S. The molecule has 0 saturated carbocycles. The van der Waals surface area contributed by atoms with Crippen molar-refractivity contribution in [1.29, 1.82) is 0 Å². The highest BCUT2D eigenvalue weighted by Crippen LogP contribution is 2.26. The number of hydrogen-bond donors (Lipinski definition) is 3. The van der Waals surface area contributed by atoms with Gasteiger partial charge in [-0.2, -0.15) is 0 Å². The topological polar surface area (TPSA) is 123 Å². The number of nitrogens with two attached hydrogens (primary N) is 1. The monoisotopic (exact) mass is 520 g/mol. The van der Waals surface area contributed by atoms with Gasteiger partial charge in [0, 0.05) is 33.2 Å². The first-order valence-corrected chi connectivity index (χ1v) is 12.4. The summed E-state index contributed by atoms with van der Waals surface area (Å²) in [7, 11) is -1.26. The molecule has 8 nitrogen and oxygen atoms in total. The highest BCUT2D eigenvalue weighted by molar-refractivity contribution is 7.84. The molecular weight excluding hydrogens is 499 g/mol. The number of nitrogens with zero attached hydrogens (tertiary/aromatic N) is 1. The minimum Gasteiger partial charge on any atom is -0.493 e. The van der Waals surface area contributed by atoms with Gasteiger partial charge in [-0.1, -0.05) is 23.2 Å². The molecule has 178 valence electrons. The van der Waals surface area contributed by atoms with E-state index in [4.69, 9.17) is 33.7 Å². The second-order valence-electron chi connectivity index (χ2n) is 7.06. The molecule has 1 atom stereocenters. The molecule has 4 N–H and O–H groups in total. The normalized spacial score (nSPS) is 11.5. The molecule has 34 heavy (non-hydrogen) atoms. The summed E-state index contributed by atoms with van der Waals surface area (Å²) in [5.41, 5.74) is 6.10. The molecule has 1 aromatic heterocycles. The lowest BCUT2D eigenvalue weighted by atomic mass is 10.1. The van der Waals surface area contributed by atoms with Crippen LogP contribution in [0.1, 0.15) is 27.1 Å². The van der Waals surface area contributed by atoms with Crippen LogP contribution in [0.2, 0.25) is 10.0 Å². The van der Waals surface area contributed by atoms with Gasteiger partial charge < -0.3 is 21.1 Å². The van der Waals surface area contributed by atoms with Crippen LogP contribution in [0, 0.1) is 0 Å². The van der Waals surface area contributed by atoms with E-state index in [0.29, 0.717) is 34.5 Å². The van der Waals surface area contributed by atoms with E-state index in [9.17, 15) is 13.8 Å². The zero-order chi connectivity index (χ0) is 24.7. The van der Waals surface area contributed by atoms with Crippen molar-refractivity contribution in [2.45, 2.75) is 11.3 Å². The Labute approximate surface area is 209 Å². The number of rotatable bonds is 9. The van der Waals surface area contributed by atoms with Gasteiger partial charge in [-0.15, -0.1) is 0 Å². The van der Waals surface area contributed by atoms with Crippen LogP contribution >= 0.6 is 23.2 Å². The maximum atomic E-state index is 13.1. The molecule has 3 rings (SSSR count). The Morgan fingerprint density at radius 2 is 1.74 bits per heavy atom. The Kier molecular flexibility index (Phi) is 9.00. The van der Waals surface area contributed by atoms with Gasteiger partial charge in [-0.3, -0.25) is 13.8 Å². The van der Waals surface area contributed by atoms with Gasteiger partial charge in [0.1, 0.15) is 11.6 Å². The number of benzene rings is 2. The molecule has 0 saturated heterocycles. The number of aromatic nitrogens is 1. The third kappa shape index (κ3) is 6.77. The van der Waals surface area contributed by atoms with E-state index in [1.807, 2.05) is 0 Å². The van der Waals surface area contributed by atoms with Crippen molar-refractivity contribution in [3.63, 3.8) is 0 Å². The van der Waals surface area contributed by atoms with Gasteiger partial charge in [0.25, 0.3) is 11.8 Å². The summed E-state index contributed by atoms with van der Waals surface area (Å²) in [6.45, 7) is 0.714. The first-order chi connectivity index (χ1) is 16.3. The molecule has 0 unspecified atom stereocenters. The Hall–Kier alpha value is -2.98. The van der Waals surface area contributed by atoms with Crippen LogP contribution in [-0.2, 0) is 10.8 Å². The van der Waals surface area contributed by atoms with Crippen LogP contribution in [0.25, 0.3) is 0 Å². The zero-order valence-electron chi connectivity index (χ0n) is 18.1. The molecule has 3 aromatic rings. The van der Waals surface area contributed by atoms with Gasteiger partial charge in [-0.05, 0) is 61.5 Å². The minimum absolute atomic E-state index is 0.134. The first-order valence-electron chi connectivity index (χ1n) is 10.1. The van der Waals surface area contributed by atoms with Gasteiger partial charge in [0.05, 0.1) is 28.4 Å². The van der Waals surface area contributed by atoms with E-state index >= 15 is 0 Å². The molecule has 1 heterocycles. The van der Waals surface area contributed by atoms with Crippen molar-refractivity contribution in [3.8, 4) is 5.75 Å². The lowest BCUT2D eigenvalue weighted by molar-refractivity contribution is 0.102. The highest BCUT2D eigenvalue weighted by atomic mass is 35.5. The molecule has 2 aromatic carbocycles. The van der Waals surface area contributed by atoms with Gasteiger partial charge in [0.2, 0.25) is 0 Å². The molecule has 0 aliphatic carbocycles. The van der Waals surface area contributed by atoms with Crippen molar-refractivity contribution < 1.29 is 18.5 Å². The van der Waals surface area contributed by atoms with E-state index in [0.717, 1.165) is 0 Å². The van der Waals surface area contributed by atoms with Crippen molar-refractivity contribution in [2.24, 2.45) is 5.73 Å². The SMILES string of the molecule is C[S@](=O)c1ccc(C(=O)Nc2ccc(Cl)cc2C(=O)Nc2ccc(Cl)cn2)c(OCCCN)c1. The van der Waals surface area contributed by atoms with Gasteiger partial charge in [-0.25, -0.2) is 4.98 Å². The lowest BCUT2D eigenvalue weighted by Crippen LogP contribution is -2.19. The number of halogens is 2. The molecule has 2 amide bonds. The fraction of sp³-hybridized carbons (Fsp3) is 0.174. The molecule has 0 aliphatic heterocycles. The summed E-state index contributed by atoms with van der Waals surface area (Å²) in [5.74, 6) is -0.490. The van der Waals surface area contributed by atoms with E-state index in [1.54, 1.807) is 30.3 Å². The van der Waals surface area contributed by atoms with Gasteiger partial charge >= 0.3 is 0 Å². The third-order valence-electron chi connectivity index (χ3n) is 4.58. The quantitative estimate of drug-likeness (QED) is 0.360. The number of amides is 2. The molecule has 0 spiro atoms. The Bertz CT molecular complexity index is 1220. The van der Waals surface area contributed by atoms with Crippen molar-refractivity contribution in [3.05, 3.63) is 75.9 Å². The maximum absolute atomic E-state index is 13.1. The summed E-state index contributed by atoms with van der Waals surface area (Å²) in [4.78, 5) is 30.6. The average molecular weight is 521 g/mol. The fourth-order valence-electron chi connectivity index (χ4n) is 2.89. The smallest absolute Gasteiger partial charge is 0.259 e. The van der Waals surface area contributed by atoms with E-state index in [1.165, 1.54) is 30.7 Å². The second kappa shape index (κ2) is 11.9. The number of anilines is 2. The largest absolute Gasteiger partial charge is 0.493 e. The third-order valence-corrected chi connectivity index (χ3v) is 5.96. The number of hydrogen-bond acceptors (Lipinski definition) is 6. The van der Waals surface area contributed by atoms with Crippen LogP contribution in [0.15, 0.2) is 59.6 Å². The number of nitrogens with one attached hydrogen (secondary N) is 2. The standard InChI is InChI=1S/C23H22Cl2N4O4S/c1-34(32)16-5-6-17(20(12-16)33-10-2-9-26)22(30)28-19-7-3-14(24)11-18(19)23(31)29-21-8-4-15(25)13-27-21/h3-8,11-13H,2,9-10,26H2,1H3,(H,28,30)(H,27,29,31)/t34-/m0/s1. The van der Waals surface area contributed by atoms with Crippen LogP contribution in [-0.4, -0.2) is 40.4 Å². The molecule has 0 radical (unpaired) electrons. The average Bonchev–Trinajstić information content (AvgIpc) is 2.81. The number of carbonyl (C=O) groups is 2. The van der Waals surface area contributed by atoms with Crippen molar-refractivity contribution >= 4 is 57.3 Å². The minimum atomic E-state index is -1.26. The predicted molar refractivity (Wildman–Crippen MR) is 135 cm³/mol. The summed E-state index contributed by atoms with van der Waals surface area (Å²) >= 11 is 11.9. The highest BCUT2D eigenvalue weighted by Gasteiger charge is 2.19. The first kappa shape index (κ1) is 25.6. The zero-order valence-corrected chi connectivity index (χ0v) is 20.5. The van der Waals surface area contributed by atoms with E-state index in [2.05, 4.69) is 15.6 Å². The van der Waals surface area contributed by atoms with Gasteiger partial charge in [0.15, 0.2) is 0 Å². The van der Waals surface area contributed by atoms with Crippen molar-refractivity contribution in [1.82, 2.24) is 4.98 Å². The molecule has 0 fully saturated rings. The van der Waals surface area contributed by atoms with Crippen LogP contribution in [0.3, 0.4) is 0 Å². The Balaban J connectivity index is 1.87. The maximum Gasteiger partial charge on any atom is 0.259 e. The fourth-order valence-corrected chi connectivity index (χ4v) is 3.71. The summed E-state index contributed by atoms with van der Waals surface area (Å²) < 4.78 is 17.6. The Morgan fingerprint density at radius 3 is 2.41 bits per heavy atom.